The Morgan fingerprint density at radius 2 is 1.59 bits per heavy atom. The number of hydrogen-bond donors (Lipinski definition) is 2. The molecule has 1 fully saturated rings. The fourth-order valence-electron chi connectivity index (χ4n) is 3.59. The largest absolute Gasteiger partial charge is 0.484 e. The molecule has 0 unspecified atom stereocenters. The number of para-hydroxylation sites is 1. The van der Waals surface area contributed by atoms with Gasteiger partial charge in [-0.05, 0) is 37.1 Å². The third-order valence-corrected chi connectivity index (χ3v) is 5.32. The van der Waals surface area contributed by atoms with Gasteiger partial charge in [-0.1, -0.05) is 45.0 Å². The second kappa shape index (κ2) is 10.3. The molecular formula is C25H31N3O4. The van der Waals surface area contributed by atoms with E-state index < -0.39 is 5.41 Å². The van der Waals surface area contributed by atoms with E-state index in [1.165, 1.54) is 0 Å². The molecule has 2 aromatic rings. The average Bonchev–Trinajstić information content (AvgIpc) is 2.77. The zero-order valence-corrected chi connectivity index (χ0v) is 18.9. The predicted molar refractivity (Wildman–Crippen MR) is 124 cm³/mol. The highest BCUT2D eigenvalue weighted by Gasteiger charge is 2.32. The zero-order chi connectivity index (χ0) is 23.1. The number of likely N-dealkylation sites (tertiary alicyclic amines) is 1. The molecule has 170 valence electrons. The van der Waals surface area contributed by atoms with E-state index in [0.29, 0.717) is 43.1 Å². The molecule has 0 atom stereocenters. The quantitative estimate of drug-likeness (QED) is 0.717. The molecule has 7 nitrogen and oxygen atoms in total. The summed E-state index contributed by atoms with van der Waals surface area (Å²) in [6.07, 6.45) is 1.28. The van der Waals surface area contributed by atoms with E-state index >= 15 is 0 Å². The Kier molecular flexibility index (Phi) is 7.51. The van der Waals surface area contributed by atoms with E-state index in [1.807, 2.05) is 43.9 Å². The molecule has 7 heteroatoms. The highest BCUT2D eigenvalue weighted by molar-refractivity contribution is 5.93. The molecule has 2 aromatic carbocycles. The molecule has 32 heavy (non-hydrogen) atoms. The summed E-state index contributed by atoms with van der Waals surface area (Å²) in [4.78, 5) is 39.0. The first-order valence-electron chi connectivity index (χ1n) is 10.9. The van der Waals surface area contributed by atoms with Gasteiger partial charge in [0, 0.05) is 41.9 Å². The zero-order valence-electron chi connectivity index (χ0n) is 18.9. The molecule has 0 spiro atoms. The van der Waals surface area contributed by atoms with E-state index in [0.717, 1.165) is 0 Å². The Balaban J connectivity index is 1.47. The minimum atomic E-state index is -0.409. The number of carbonyl (C=O) groups is 3. The van der Waals surface area contributed by atoms with E-state index in [-0.39, 0.29) is 30.2 Å². The molecule has 0 bridgehead atoms. The molecule has 1 saturated heterocycles. The highest BCUT2D eigenvalue weighted by Crippen LogP contribution is 2.25. The fraction of sp³-hybridized carbons (Fsp3) is 0.400. The Labute approximate surface area is 189 Å². The number of anilines is 2. The molecule has 2 N–H and O–H groups in total. The maximum absolute atomic E-state index is 12.7. The maximum Gasteiger partial charge on any atom is 0.262 e. The van der Waals surface area contributed by atoms with Gasteiger partial charge in [-0.3, -0.25) is 14.4 Å². The van der Waals surface area contributed by atoms with Gasteiger partial charge in [-0.2, -0.15) is 0 Å². The van der Waals surface area contributed by atoms with Gasteiger partial charge in [0.2, 0.25) is 11.8 Å². The van der Waals surface area contributed by atoms with Gasteiger partial charge in [-0.25, -0.2) is 0 Å². The number of benzene rings is 2. The second-order valence-electron chi connectivity index (χ2n) is 9.04. The third kappa shape index (κ3) is 6.57. The standard InChI is InChI=1S/C25H31N3O4/c1-25(2,3)24(31)28-14-12-18(13-15-28)23(30)27-20-10-7-11-21(16-20)32-17-22(29)26-19-8-5-4-6-9-19/h4-11,16,18H,12-15,17H2,1-3H3,(H,26,29)(H,27,30). The molecule has 1 aliphatic rings. The predicted octanol–water partition coefficient (Wildman–Crippen LogP) is 3.93. The van der Waals surface area contributed by atoms with Crippen molar-refractivity contribution in [1.29, 1.82) is 0 Å². The van der Waals surface area contributed by atoms with Crippen molar-refractivity contribution in [2.24, 2.45) is 11.3 Å². The Hall–Kier alpha value is -3.35. The van der Waals surface area contributed by atoms with E-state index in [2.05, 4.69) is 10.6 Å². The second-order valence-corrected chi connectivity index (χ2v) is 9.04. The molecule has 0 aromatic heterocycles. The minimum absolute atomic E-state index is 0.0631. The van der Waals surface area contributed by atoms with E-state index in [1.54, 1.807) is 36.4 Å². The van der Waals surface area contributed by atoms with Crippen LogP contribution in [0.1, 0.15) is 33.6 Å². The van der Waals surface area contributed by atoms with E-state index in [9.17, 15) is 14.4 Å². The first kappa shape index (κ1) is 23.3. The molecule has 3 amide bonds. The van der Waals surface area contributed by atoms with Gasteiger partial charge in [0.25, 0.3) is 5.91 Å². The Bertz CT molecular complexity index is 945. The van der Waals surface area contributed by atoms with Gasteiger partial charge in [0.15, 0.2) is 6.61 Å². The maximum atomic E-state index is 12.7. The summed E-state index contributed by atoms with van der Waals surface area (Å²) >= 11 is 0. The highest BCUT2D eigenvalue weighted by atomic mass is 16.5. The topological polar surface area (TPSA) is 87.7 Å². The van der Waals surface area contributed by atoms with Gasteiger partial charge >= 0.3 is 0 Å². The van der Waals surface area contributed by atoms with Crippen LogP contribution in [0.4, 0.5) is 11.4 Å². The average molecular weight is 438 g/mol. The molecule has 1 heterocycles. The summed E-state index contributed by atoms with van der Waals surface area (Å²) in [5.74, 6) is 0.156. The number of nitrogens with one attached hydrogen (secondary N) is 2. The van der Waals surface area contributed by atoms with Gasteiger partial charge in [-0.15, -0.1) is 0 Å². The van der Waals surface area contributed by atoms with Crippen LogP contribution < -0.4 is 15.4 Å². The van der Waals surface area contributed by atoms with Gasteiger partial charge in [0.05, 0.1) is 0 Å². The van der Waals surface area contributed by atoms with E-state index in [4.69, 9.17) is 4.74 Å². The summed E-state index contributed by atoms with van der Waals surface area (Å²) in [7, 11) is 0. The number of piperidine rings is 1. The lowest BCUT2D eigenvalue weighted by Gasteiger charge is -2.35. The van der Waals surface area contributed by atoms with Crippen LogP contribution in [-0.2, 0) is 14.4 Å². The summed E-state index contributed by atoms with van der Waals surface area (Å²) in [5.41, 5.74) is 0.912. The summed E-state index contributed by atoms with van der Waals surface area (Å²) in [6.45, 7) is 6.78. The molecular weight excluding hydrogens is 406 g/mol. The lowest BCUT2D eigenvalue weighted by Crippen LogP contribution is -2.45. The van der Waals surface area contributed by atoms with Crippen molar-refractivity contribution in [3.63, 3.8) is 0 Å². The van der Waals surface area contributed by atoms with Crippen LogP contribution in [-0.4, -0.2) is 42.3 Å². The molecule has 0 radical (unpaired) electrons. The number of ether oxygens (including phenoxy) is 1. The first-order valence-corrected chi connectivity index (χ1v) is 10.9. The van der Waals surface area contributed by atoms with Crippen molar-refractivity contribution in [1.82, 2.24) is 4.90 Å². The van der Waals surface area contributed by atoms with Crippen LogP contribution in [0.2, 0.25) is 0 Å². The van der Waals surface area contributed by atoms with Crippen LogP contribution in [0.15, 0.2) is 54.6 Å². The van der Waals surface area contributed by atoms with Gasteiger partial charge in [0.1, 0.15) is 5.75 Å². The lowest BCUT2D eigenvalue weighted by molar-refractivity contribution is -0.142. The third-order valence-electron chi connectivity index (χ3n) is 5.32. The molecule has 0 saturated carbocycles. The molecule has 3 rings (SSSR count). The Morgan fingerprint density at radius 1 is 0.938 bits per heavy atom. The monoisotopic (exact) mass is 437 g/mol. The van der Waals surface area contributed by atoms with Crippen molar-refractivity contribution in [3.05, 3.63) is 54.6 Å². The minimum Gasteiger partial charge on any atom is -0.484 e. The van der Waals surface area contributed by atoms with Gasteiger partial charge < -0.3 is 20.3 Å². The number of hydrogen-bond acceptors (Lipinski definition) is 4. The lowest BCUT2D eigenvalue weighted by atomic mass is 9.90. The van der Waals surface area contributed by atoms with Crippen LogP contribution in [0.3, 0.4) is 0 Å². The molecule has 0 aliphatic carbocycles. The summed E-state index contributed by atoms with van der Waals surface area (Å²) in [6, 6.07) is 16.2. The SMILES string of the molecule is CC(C)(C)C(=O)N1CCC(C(=O)Nc2cccc(OCC(=O)Nc3ccccc3)c2)CC1. The number of amides is 3. The fourth-order valence-corrected chi connectivity index (χ4v) is 3.59. The van der Waals surface area contributed by atoms with Crippen molar-refractivity contribution in [2.45, 2.75) is 33.6 Å². The number of rotatable bonds is 6. The van der Waals surface area contributed by atoms with Crippen LogP contribution in [0.5, 0.6) is 5.75 Å². The van der Waals surface area contributed by atoms with Crippen molar-refractivity contribution in [3.8, 4) is 5.75 Å². The summed E-state index contributed by atoms with van der Waals surface area (Å²) in [5, 5.41) is 5.69. The first-order chi connectivity index (χ1) is 15.2. The Morgan fingerprint density at radius 3 is 2.25 bits per heavy atom. The summed E-state index contributed by atoms with van der Waals surface area (Å²) < 4.78 is 5.57. The van der Waals surface area contributed by atoms with Crippen LogP contribution in [0.25, 0.3) is 0 Å². The smallest absolute Gasteiger partial charge is 0.262 e. The van der Waals surface area contributed by atoms with Crippen LogP contribution >= 0.6 is 0 Å². The van der Waals surface area contributed by atoms with Crippen LogP contribution in [0, 0.1) is 11.3 Å². The number of carbonyl (C=O) groups excluding carboxylic acids is 3. The van der Waals surface area contributed by atoms with Crippen molar-refractivity contribution in [2.75, 3.05) is 30.3 Å². The van der Waals surface area contributed by atoms with Crippen molar-refractivity contribution >= 4 is 29.1 Å². The normalized spacial score (nSPS) is 14.5. The number of nitrogens with zero attached hydrogens (tertiary/aromatic N) is 1. The molecule has 1 aliphatic heterocycles. The van der Waals surface area contributed by atoms with Crippen molar-refractivity contribution < 1.29 is 19.1 Å².